The molecule has 0 heterocycles. The number of rotatable bonds is 6. The molecule has 1 unspecified atom stereocenters. The Labute approximate surface area is 131 Å². The lowest BCUT2D eigenvalue weighted by atomic mass is 9.92. The molecule has 22 heavy (non-hydrogen) atoms. The van der Waals surface area contributed by atoms with Crippen LogP contribution in [0.5, 0.6) is 23.0 Å². The molecule has 0 saturated heterocycles. The van der Waals surface area contributed by atoms with Gasteiger partial charge in [-0.2, -0.15) is 0 Å². The van der Waals surface area contributed by atoms with E-state index in [1.54, 1.807) is 28.4 Å². The summed E-state index contributed by atoms with van der Waals surface area (Å²) in [5.74, 6) is 2.63. The Bertz CT molecular complexity index is 637. The summed E-state index contributed by atoms with van der Waals surface area (Å²) in [6.45, 7) is 4.26. The van der Waals surface area contributed by atoms with Crippen LogP contribution in [0.25, 0.3) is 0 Å². The van der Waals surface area contributed by atoms with Crippen LogP contribution < -0.4 is 18.9 Å². The quantitative estimate of drug-likeness (QED) is 0.815. The smallest absolute Gasteiger partial charge is 0.164 e. The summed E-state index contributed by atoms with van der Waals surface area (Å²) in [4.78, 5) is 0. The first-order valence-corrected chi connectivity index (χ1v) is 6.92. The fraction of sp³-hybridized carbons (Fsp3) is 0.278. The van der Waals surface area contributed by atoms with Crippen molar-refractivity contribution in [3.63, 3.8) is 0 Å². The van der Waals surface area contributed by atoms with Gasteiger partial charge in [0.05, 0.1) is 28.4 Å². The van der Waals surface area contributed by atoms with Gasteiger partial charge in [0.2, 0.25) is 0 Å². The molecule has 4 nitrogen and oxygen atoms in total. The summed E-state index contributed by atoms with van der Waals surface area (Å²) in [6.07, 6.45) is 0. The molecule has 0 aliphatic heterocycles. The summed E-state index contributed by atoms with van der Waals surface area (Å²) >= 11 is 0. The summed E-state index contributed by atoms with van der Waals surface area (Å²) in [5, 5.41) is 0. The largest absolute Gasteiger partial charge is 0.493 e. The van der Waals surface area contributed by atoms with Crippen molar-refractivity contribution in [3.8, 4) is 23.0 Å². The van der Waals surface area contributed by atoms with Crippen LogP contribution in [0.2, 0.25) is 0 Å². The van der Waals surface area contributed by atoms with Gasteiger partial charge in [-0.05, 0) is 30.7 Å². The van der Waals surface area contributed by atoms with Gasteiger partial charge in [-0.25, -0.2) is 0 Å². The van der Waals surface area contributed by atoms with Crippen molar-refractivity contribution in [1.82, 2.24) is 0 Å². The van der Waals surface area contributed by atoms with E-state index in [9.17, 15) is 0 Å². The topological polar surface area (TPSA) is 36.9 Å². The van der Waals surface area contributed by atoms with E-state index < -0.39 is 0 Å². The SMILES string of the molecule is [CH2]C(c1ccc(OC)c(OC)c1)c1cccc(OC)c1OC. The van der Waals surface area contributed by atoms with Crippen LogP contribution in [-0.2, 0) is 0 Å². The van der Waals surface area contributed by atoms with Crippen LogP contribution in [0, 0.1) is 6.92 Å². The fourth-order valence-electron chi connectivity index (χ4n) is 2.44. The first-order valence-electron chi connectivity index (χ1n) is 6.92. The molecule has 2 aromatic rings. The van der Waals surface area contributed by atoms with E-state index in [2.05, 4.69) is 6.92 Å². The first-order chi connectivity index (χ1) is 10.7. The molecule has 0 saturated carbocycles. The third kappa shape index (κ3) is 2.96. The number of hydrogen-bond acceptors (Lipinski definition) is 4. The zero-order valence-electron chi connectivity index (χ0n) is 13.4. The van der Waals surface area contributed by atoms with Crippen molar-refractivity contribution in [2.24, 2.45) is 0 Å². The molecule has 0 aliphatic carbocycles. The Hall–Kier alpha value is -2.36. The third-order valence-electron chi connectivity index (χ3n) is 3.62. The molecule has 0 N–H and O–H groups in total. The Morgan fingerprint density at radius 2 is 1.45 bits per heavy atom. The van der Waals surface area contributed by atoms with Crippen molar-refractivity contribution in [2.45, 2.75) is 5.92 Å². The monoisotopic (exact) mass is 301 g/mol. The molecule has 0 aliphatic rings. The molecule has 2 rings (SSSR count). The molecular weight excluding hydrogens is 280 g/mol. The normalized spacial score (nSPS) is 11.7. The van der Waals surface area contributed by atoms with Crippen molar-refractivity contribution in [1.29, 1.82) is 0 Å². The first kappa shape index (κ1) is 16.0. The van der Waals surface area contributed by atoms with Gasteiger partial charge < -0.3 is 18.9 Å². The average molecular weight is 301 g/mol. The molecule has 0 fully saturated rings. The molecule has 0 aromatic heterocycles. The standard InChI is InChI=1S/C18H21O4/c1-12(13-9-10-15(19-2)17(11-13)21-4)14-7-6-8-16(20-3)18(14)22-5/h6-12H,1H2,2-5H3. The molecule has 1 atom stereocenters. The van der Waals surface area contributed by atoms with Crippen LogP contribution >= 0.6 is 0 Å². The number of methoxy groups -OCH3 is 4. The Kier molecular flexibility index (Phi) is 5.15. The van der Waals surface area contributed by atoms with Gasteiger partial charge in [0.15, 0.2) is 23.0 Å². The van der Waals surface area contributed by atoms with E-state index >= 15 is 0 Å². The van der Waals surface area contributed by atoms with Crippen molar-refractivity contribution in [3.05, 3.63) is 54.4 Å². The Morgan fingerprint density at radius 1 is 0.773 bits per heavy atom. The van der Waals surface area contributed by atoms with E-state index in [1.807, 2.05) is 36.4 Å². The lowest BCUT2D eigenvalue weighted by Crippen LogP contribution is -2.02. The van der Waals surface area contributed by atoms with E-state index in [0.29, 0.717) is 23.0 Å². The van der Waals surface area contributed by atoms with Crippen molar-refractivity contribution in [2.75, 3.05) is 28.4 Å². The molecule has 117 valence electrons. The van der Waals surface area contributed by atoms with Gasteiger partial charge >= 0.3 is 0 Å². The van der Waals surface area contributed by atoms with E-state index in [-0.39, 0.29) is 5.92 Å². The van der Waals surface area contributed by atoms with Crippen LogP contribution in [0.15, 0.2) is 36.4 Å². The Morgan fingerprint density at radius 3 is 2.05 bits per heavy atom. The molecule has 4 heteroatoms. The van der Waals surface area contributed by atoms with Gasteiger partial charge in [-0.3, -0.25) is 0 Å². The van der Waals surface area contributed by atoms with Gasteiger partial charge in [0.25, 0.3) is 0 Å². The van der Waals surface area contributed by atoms with Gasteiger partial charge in [0.1, 0.15) is 0 Å². The van der Waals surface area contributed by atoms with Crippen molar-refractivity contribution < 1.29 is 18.9 Å². The highest BCUT2D eigenvalue weighted by Gasteiger charge is 2.18. The minimum atomic E-state index is -0.121. The number of benzene rings is 2. The zero-order chi connectivity index (χ0) is 16.1. The summed E-state index contributed by atoms with van der Waals surface area (Å²) in [7, 11) is 6.48. The molecule has 1 radical (unpaired) electrons. The highest BCUT2D eigenvalue weighted by Crippen LogP contribution is 2.39. The number of ether oxygens (including phenoxy) is 4. The number of hydrogen-bond donors (Lipinski definition) is 0. The van der Waals surface area contributed by atoms with Crippen LogP contribution in [0.4, 0.5) is 0 Å². The highest BCUT2D eigenvalue weighted by molar-refractivity contribution is 5.53. The predicted octanol–water partition coefficient (Wildman–Crippen LogP) is 3.69. The second-order valence-corrected chi connectivity index (χ2v) is 4.75. The maximum Gasteiger partial charge on any atom is 0.164 e. The Balaban J connectivity index is 2.46. The van der Waals surface area contributed by atoms with E-state index in [1.165, 1.54) is 0 Å². The number of para-hydroxylation sites is 1. The average Bonchev–Trinajstić information content (AvgIpc) is 2.59. The van der Waals surface area contributed by atoms with Crippen LogP contribution in [0.3, 0.4) is 0 Å². The minimum Gasteiger partial charge on any atom is -0.493 e. The van der Waals surface area contributed by atoms with Crippen LogP contribution in [-0.4, -0.2) is 28.4 Å². The second kappa shape index (κ2) is 7.07. The third-order valence-corrected chi connectivity index (χ3v) is 3.62. The lowest BCUT2D eigenvalue weighted by molar-refractivity contribution is 0.350. The lowest BCUT2D eigenvalue weighted by Gasteiger charge is -2.19. The predicted molar refractivity (Wildman–Crippen MR) is 86.3 cm³/mol. The maximum absolute atomic E-state index is 5.49. The van der Waals surface area contributed by atoms with E-state index in [0.717, 1.165) is 11.1 Å². The summed E-state index contributed by atoms with van der Waals surface area (Å²) < 4.78 is 21.5. The molecular formula is C18H21O4. The fourth-order valence-corrected chi connectivity index (χ4v) is 2.44. The zero-order valence-corrected chi connectivity index (χ0v) is 13.4. The van der Waals surface area contributed by atoms with Crippen LogP contribution in [0.1, 0.15) is 17.0 Å². The summed E-state index contributed by atoms with van der Waals surface area (Å²) in [6, 6.07) is 11.5. The maximum atomic E-state index is 5.49. The molecule has 2 aromatic carbocycles. The molecule has 0 bridgehead atoms. The minimum absolute atomic E-state index is 0.121. The summed E-state index contributed by atoms with van der Waals surface area (Å²) in [5.41, 5.74) is 1.96. The molecule has 0 amide bonds. The van der Waals surface area contributed by atoms with Gasteiger partial charge in [-0.1, -0.05) is 18.2 Å². The highest BCUT2D eigenvalue weighted by atomic mass is 16.5. The van der Waals surface area contributed by atoms with Gasteiger partial charge in [-0.15, -0.1) is 0 Å². The van der Waals surface area contributed by atoms with Crippen molar-refractivity contribution >= 4 is 0 Å². The second-order valence-electron chi connectivity index (χ2n) is 4.75. The molecule has 0 spiro atoms. The van der Waals surface area contributed by atoms with E-state index in [4.69, 9.17) is 18.9 Å². The van der Waals surface area contributed by atoms with Gasteiger partial charge in [0, 0.05) is 11.5 Å².